The van der Waals surface area contributed by atoms with E-state index < -0.39 is 0 Å². The molecule has 0 spiro atoms. The largest absolute Gasteiger partial charge is 0.130 e. The Kier molecular flexibility index (Phi) is 3.90. The van der Waals surface area contributed by atoms with E-state index in [1.165, 1.54) is 4.91 Å². The summed E-state index contributed by atoms with van der Waals surface area (Å²) in [7, 11) is 0. The van der Waals surface area contributed by atoms with Gasteiger partial charge in [0.2, 0.25) is 0 Å². The summed E-state index contributed by atoms with van der Waals surface area (Å²) in [5.74, 6) is 0. The Morgan fingerprint density at radius 2 is 2.29 bits per heavy atom. The molecule has 0 rings (SSSR count). The molecule has 0 saturated heterocycles. The molecule has 40 valence electrons. The van der Waals surface area contributed by atoms with Gasteiger partial charge in [-0.2, -0.15) is 0 Å². The maximum atomic E-state index is 3.61. The highest BCUT2D eigenvalue weighted by atomic mass is 32.2. The van der Waals surface area contributed by atoms with E-state index in [0.717, 1.165) is 0 Å². The zero-order valence-electron chi connectivity index (χ0n) is 4.77. The van der Waals surface area contributed by atoms with Crippen LogP contribution >= 0.6 is 11.8 Å². The number of thioether (sulfide) groups is 1. The maximum Gasteiger partial charge on any atom is 0.00205 e. The molecule has 0 atom stereocenters. The summed E-state index contributed by atoms with van der Waals surface area (Å²) in [6.07, 6.45) is 5.93. The van der Waals surface area contributed by atoms with Crippen molar-refractivity contribution in [3.05, 3.63) is 23.6 Å². The third-order valence-electron chi connectivity index (χ3n) is 0.721. The van der Waals surface area contributed by atoms with E-state index in [1.807, 2.05) is 25.3 Å². The molecule has 0 aliphatic heterocycles. The van der Waals surface area contributed by atoms with Gasteiger partial charge in [-0.3, -0.25) is 0 Å². The lowest BCUT2D eigenvalue weighted by atomic mass is 10.5. The quantitative estimate of drug-likeness (QED) is 0.497. The number of hydrogen-bond donors (Lipinski definition) is 0. The first-order valence-electron chi connectivity index (χ1n) is 2.18. The van der Waals surface area contributed by atoms with Crippen LogP contribution in [0.25, 0.3) is 0 Å². The standard InChI is InChI=1S/C6H10S/c1-4-6(5-2)7-3/h4-5H,1H2,2-3H3/b6-5-. The predicted molar refractivity (Wildman–Crippen MR) is 37.5 cm³/mol. The van der Waals surface area contributed by atoms with E-state index in [-0.39, 0.29) is 0 Å². The molecule has 0 unspecified atom stereocenters. The van der Waals surface area contributed by atoms with Crippen molar-refractivity contribution in [2.45, 2.75) is 6.92 Å². The second kappa shape index (κ2) is 4.00. The first-order chi connectivity index (χ1) is 3.35. The van der Waals surface area contributed by atoms with E-state index in [9.17, 15) is 0 Å². The third kappa shape index (κ3) is 2.52. The van der Waals surface area contributed by atoms with Crippen molar-refractivity contribution in [2.75, 3.05) is 6.26 Å². The predicted octanol–water partition coefficient (Wildman–Crippen LogP) is 2.44. The number of rotatable bonds is 2. The van der Waals surface area contributed by atoms with Crippen LogP contribution in [-0.2, 0) is 0 Å². The summed E-state index contributed by atoms with van der Waals surface area (Å²) in [5.41, 5.74) is 0. The molecule has 0 saturated carbocycles. The molecule has 7 heavy (non-hydrogen) atoms. The van der Waals surface area contributed by atoms with E-state index >= 15 is 0 Å². The Labute approximate surface area is 49.3 Å². The summed E-state index contributed by atoms with van der Waals surface area (Å²) in [6, 6.07) is 0. The van der Waals surface area contributed by atoms with Crippen molar-refractivity contribution in [3.63, 3.8) is 0 Å². The molecule has 0 fully saturated rings. The van der Waals surface area contributed by atoms with Crippen molar-refractivity contribution in [3.8, 4) is 0 Å². The smallest absolute Gasteiger partial charge is 0.00205 e. The lowest BCUT2D eigenvalue weighted by molar-refractivity contribution is 1.71. The van der Waals surface area contributed by atoms with Crippen LogP contribution in [0.2, 0.25) is 0 Å². The minimum atomic E-state index is 1.24. The lowest BCUT2D eigenvalue weighted by Crippen LogP contribution is -1.60. The van der Waals surface area contributed by atoms with Crippen LogP contribution in [0.1, 0.15) is 6.92 Å². The zero-order valence-corrected chi connectivity index (χ0v) is 5.59. The summed E-state index contributed by atoms with van der Waals surface area (Å²) in [5, 5.41) is 0. The molecule has 0 nitrogen and oxygen atoms in total. The topological polar surface area (TPSA) is 0 Å². The van der Waals surface area contributed by atoms with Crippen molar-refractivity contribution in [1.29, 1.82) is 0 Å². The van der Waals surface area contributed by atoms with Crippen molar-refractivity contribution < 1.29 is 0 Å². The molecule has 0 bridgehead atoms. The Bertz CT molecular complexity index is 82.2. The minimum absolute atomic E-state index is 1.24. The van der Waals surface area contributed by atoms with Crippen LogP contribution in [0.4, 0.5) is 0 Å². The normalized spacial score (nSPS) is 11.4. The van der Waals surface area contributed by atoms with Crippen LogP contribution < -0.4 is 0 Å². The SMILES string of the molecule is C=C/C(=C/C)SC. The van der Waals surface area contributed by atoms with E-state index in [1.54, 1.807) is 11.8 Å². The van der Waals surface area contributed by atoms with Gasteiger partial charge in [0.25, 0.3) is 0 Å². The zero-order chi connectivity index (χ0) is 5.70. The molecule has 1 heteroatoms. The highest BCUT2D eigenvalue weighted by Gasteiger charge is 1.78. The van der Waals surface area contributed by atoms with E-state index in [4.69, 9.17) is 0 Å². The fourth-order valence-electron chi connectivity index (χ4n) is 0.319. The van der Waals surface area contributed by atoms with E-state index in [2.05, 4.69) is 6.58 Å². The van der Waals surface area contributed by atoms with Gasteiger partial charge in [0.15, 0.2) is 0 Å². The Morgan fingerprint density at radius 3 is 2.29 bits per heavy atom. The van der Waals surface area contributed by atoms with Crippen LogP contribution in [0.5, 0.6) is 0 Å². The second-order valence-corrected chi connectivity index (χ2v) is 1.98. The molecule has 0 aromatic heterocycles. The van der Waals surface area contributed by atoms with Gasteiger partial charge in [-0.1, -0.05) is 18.7 Å². The molecule has 0 aliphatic rings. The van der Waals surface area contributed by atoms with Gasteiger partial charge >= 0.3 is 0 Å². The van der Waals surface area contributed by atoms with Gasteiger partial charge in [0, 0.05) is 4.91 Å². The highest BCUT2D eigenvalue weighted by Crippen LogP contribution is 2.10. The average Bonchev–Trinajstić information content (AvgIpc) is 1.72. The van der Waals surface area contributed by atoms with Crippen LogP contribution in [0, 0.1) is 0 Å². The number of hydrogen-bond acceptors (Lipinski definition) is 1. The molecular weight excluding hydrogens is 104 g/mol. The molecule has 0 heterocycles. The van der Waals surface area contributed by atoms with Gasteiger partial charge in [0.05, 0.1) is 0 Å². The van der Waals surface area contributed by atoms with Crippen LogP contribution in [0.3, 0.4) is 0 Å². The summed E-state index contributed by atoms with van der Waals surface area (Å²) >= 11 is 1.71. The van der Waals surface area contributed by atoms with Gasteiger partial charge in [-0.15, -0.1) is 11.8 Å². The maximum absolute atomic E-state index is 3.61. The second-order valence-electron chi connectivity index (χ2n) is 1.10. The van der Waals surface area contributed by atoms with Gasteiger partial charge in [-0.05, 0) is 13.2 Å². The summed E-state index contributed by atoms with van der Waals surface area (Å²) in [4.78, 5) is 1.24. The molecule has 0 aromatic carbocycles. The molecule has 0 aromatic rings. The van der Waals surface area contributed by atoms with Crippen LogP contribution in [0.15, 0.2) is 23.6 Å². The average molecular weight is 114 g/mol. The third-order valence-corrected chi connectivity index (χ3v) is 1.60. The Morgan fingerprint density at radius 1 is 1.71 bits per heavy atom. The Balaban J connectivity index is 3.60. The van der Waals surface area contributed by atoms with E-state index in [0.29, 0.717) is 0 Å². The van der Waals surface area contributed by atoms with Crippen LogP contribution in [-0.4, -0.2) is 6.26 Å². The first-order valence-corrected chi connectivity index (χ1v) is 3.40. The van der Waals surface area contributed by atoms with Crippen molar-refractivity contribution >= 4 is 11.8 Å². The molecule has 0 amide bonds. The van der Waals surface area contributed by atoms with Gasteiger partial charge in [0.1, 0.15) is 0 Å². The lowest BCUT2D eigenvalue weighted by Gasteiger charge is -1.87. The monoisotopic (exact) mass is 114 g/mol. The fourth-order valence-corrected chi connectivity index (χ4v) is 0.721. The Hall–Kier alpha value is -0.170. The highest BCUT2D eigenvalue weighted by molar-refractivity contribution is 8.02. The molecule has 0 aliphatic carbocycles. The number of allylic oxidation sites excluding steroid dienone is 2. The molecule has 0 N–H and O–H groups in total. The molecule has 0 radical (unpaired) electrons. The summed E-state index contributed by atoms with van der Waals surface area (Å²) in [6.45, 7) is 5.62. The first kappa shape index (κ1) is 6.83. The van der Waals surface area contributed by atoms with Crippen molar-refractivity contribution in [2.24, 2.45) is 0 Å². The van der Waals surface area contributed by atoms with Gasteiger partial charge in [-0.25, -0.2) is 0 Å². The summed E-state index contributed by atoms with van der Waals surface area (Å²) < 4.78 is 0. The van der Waals surface area contributed by atoms with Gasteiger partial charge < -0.3 is 0 Å². The van der Waals surface area contributed by atoms with Crippen molar-refractivity contribution in [1.82, 2.24) is 0 Å². The fraction of sp³-hybridized carbons (Fsp3) is 0.333. The minimum Gasteiger partial charge on any atom is -0.130 e. The molecular formula is C6H10S.